The van der Waals surface area contributed by atoms with Crippen molar-refractivity contribution in [3.63, 3.8) is 0 Å². The van der Waals surface area contributed by atoms with Crippen molar-refractivity contribution in [3.8, 4) is 0 Å². The van der Waals surface area contributed by atoms with Crippen LogP contribution in [0, 0.1) is 0 Å². The molecule has 0 bridgehead atoms. The van der Waals surface area contributed by atoms with E-state index in [-0.39, 0.29) is 11.8 Å². The molecule has 6 nitrogen and oxygen atoms in total. The van der Waals surface area contributed by atoms with Crippen molar-refractivity contribution < 1.29 is 12.8 Å². The summed E-state index contributed by atoms with van der Waals surface area (Å²) < 4.78 is 33.4. The van der Waals surface area contributed by atoms with E-state index in [2.05, 4.69) is 10.2 Å². The van der Waals surface area contributed by atoms with Gasteiger partial charge in [0.05, 0.1) is 4.90 Å². The highest BCUT2D eigenvalue weighted by atomic mass is 32.2. The van der Waals surface area contributed by atoms with E-state index in [4.69, 9.17) is 4.42 Å². The number of piperidine rings is 1. The van der Waals surface area contributed by atoms with Crippen LogP contribution in [0.5, 0.6) is 0 Å². The Morgan fingerprint density at radius 1 is 1.04 bits per heavy atom. The van der Waals surface area contributed by atoms with Gasteiger partial charge in [0, 0.05) is 24.9 Å². The number of hydrogen-bond donors (Lipinski definition) is 0. The zero-order valence-electron chi connectivity index (χ0n) is 15.5. The summed E-state index contributed by atoms with van der Waals surface area (Å²) in [6.07, 6.45) is 1.37. The molecule has 4 rings (SSSR count). The maximum absolute atomic E-state index is 13.0. The van der Waals surface area contributed by atoms with Gasteiger partial charge in [-0.15, -0.1) is 10.2 Å². The standard InChI is InChI=1S/C20H23N3O3S/c1-14(2)19-21-22-20(26-19)16-9-11-23(12-10-16)27(24,25)18-8-7-15-5-3-4-6-17(15)13-18/h3-8,13-14,16H,9-12H2,1-2H3. The first kappa shape index (κ1) is 18.1. The minimum Gasteiger partial charge on any atom is -0.425 e. The molecule has 0 saturated carbocycles. The van der Waals surface area contributed by atoms with E-state index in [9.17, 15) is 8.42 Å². The fourth-order valence-electron chi connectivity index (χ4n) is 3.46. The van der Waals surface area contributed by atoms with Crippen LogP contribution in [-0.4, -0.2) is 36.0 Å². The molecule has 142 valence electrons. The summed E-state index contributed by atoms with van der Waals surface area (Å²) in [5.74, 6) is 1.57. The minimum atomic E-state index is -3.50. The molecule has 0 aliphatic carbocycles. The molecule has 0 radical (unpaired) electrons. The van der Waals surface area contributed by atoms with Crippen molar-refractivity contribution in [1.29, 1.82) is 0 Å². The van der Waals surface area contributed by atoms with E-state index < -0.39 is 10.0 Å². The van der Waals surface area contributed by atoms with Crippen LogP contribution < -0.4 is 0 Å². The van der Waals surface area contributed by atoms with Gasteiger partial charge in [-0.05, 0) is 35.7 Å². The Bertz CT molecular complexity index is 1050. The number of rotatable bonds is 4. The number of aromatic nitrogens is 2. The molecule has 27 heavy (non-hydrogen) atoms. The van der Waals surface area contributed by atoms with Crippen molar-refractivity contribution in [2.75, 3.05) is 13.1 Å². The Hall–Kier alpha value is -2.25. The van der Waals surface area contributed by atoms with E-state index in [0.29, 0.717) is 42.6 Å². The summed E-state index contributed by atoms with van der Waals surface area (Å²) >= 11 is 0. The van der Waals surface area contributed by atoms with Crippen molar-refractivity contribution in [3.05, 3.63) is 54.2 Å². The number of nitrogens with zero attached hydrogens (tertiary/aromatic N) is 3. The normalized spacial score (nSPS) is 17.0. The van der Waals surface area contributed by atoms with E-state index in [1.165, 1.54) is 0 Å². The lowest BCUT2D eigenvalue weighted by molar-refractivity contribution is 0.285. The smallest absolute Gasteiger partial charge is 0.243 e. The van der Waals surface area contributed by atoms with E-state index in [0.717, 1.165) is 10.8 Å². The summed E-state index contributed by atoms with van der Waals surface area (Å²) in [5.41, 5.74) is 0. The second kappa shape index (κ2) is 7.05. The average Bonchev–Trinajstić information content (AvgIpc) is 3.18. The molecule has 1 saturated heterocycles. The summed E-state index contributed by atoms with van der Waals surface area (Å²) in [5, 5.41) is 10.2. The molecule has 3 aromatic rings. The fourth-order valence-corrected chi connectivity index (χ4v) is 4.97. The molecular weight excluding hydrogens is 362 g/mol. The van der Waals surface area contributed by atoms with Crippen LogP contribution in [0.3, 0.4) is 0 Å². The van der Waals surface area contributed by atoms with Gasteiger partial charge in [0.2, 0.25) is 21.8 Å². The van der Waals surface area contributed by atoms with Crippen LogP contribution in [0.4, 0.5) is 0 Å². The molecule has 2 heterocycles. The largest absolute Gasteiger partial charge is 0.425 e. The third kappa shape index (κ3) is 3.49. The number of sulfonamides is 1. The molecule has 0 amide bonds. The average molecular weight is 385 g/mol. The summed E-state index contributed by atoms with van der Waals surface area (Å²) in [6, 6.07) is 13.1. The first-order valence-corrected chi connectivity index (χ1v) is 10.7. The van der Waals surface area contributed by atoms with Crippen molar-refractivity contribution in [2.45, 2.75) is 43.4 Å². The maximum atomic E-state index is 13.0. The summed E-state index contributed by atoms with van der Waals surface area (Å²) in [7, 11) is -3.50. The first-order valence-electron chi connectivity index (χ1n) is 9.27. The molecule has 2 aromatic carbocycles. The Labute approximate surface area is 159 Å². The highest BCUT2D eigenvalue weighted by Crippen LogP contribution is 2.31. The molecule has 0 spiro atoms. The zero-order valence-corrected chi connectivity index (χ0v) is 16.3. The molecule has 1 fully saturated rings. The van der Waals surface area contributed by atoms with E-state index in [1.807, 2.05) is 44.2 Å². The Morgan fingerprint density at radius 2 is 1.74 bits per heavy atom. The van der Waals surface area contributed by atoms with Crippen LogP contribution in [0.25, 0.3) is 10.8 Å². The molecular formula is C20H23N3O3S. The molecule has 1 aliphatic heterocycles. The molecule has 0 atom stereocenters. The zero-order chi connectivity index (χ0) is 19.0. The lowest BCUT2D eigenvalue weighted by atomic mass is 9.98. The number of fused-ring (bicyclic) bond motifs is 1. The van der Waals surface area contributed by atoms with Crippen molar-refractivity contribution in [1.82, 2.24) is 14.5 Å². The second-order valence-corrected chi connectivity index (χ2v) is 9.26. The van der Waals surface area contributed by atoms with Gasteiger partial charge in [0.15, 0.2) is 0 Å². The Kier molecular flexibility index (Phi) is 4.74. The van der Waals surface area contributed by atoms with Crippen LogP contribution >= 0.6 is 0 Å². The summed E-state index contributed by atoms with van der Waals surface area (Å²) in [4.78, 5) is 0.347. The molecule has 0 N–H and O–H groups in total. The van der Waals surface area contributed by atoms with Crippen molar-refractivity contribution >= 4 is 20.8 Å². The van der Waals surface area contributed by atoms with Gasteiger partial charge in [-0.2, -0.15) is 4.31 Å². The van der Waals surface area contributed by atoms with Gasteiger partial charge < -0.3 is 4.42 Å². The monoisotopic (exact) mass is 385 g/mol. The van der Waals surface area contributed by atoms with Gasteiger partial charge in [-0.3, -0.25) is 0 Å². The van der Waals surface area contributed by atoms with Gasteiger partial charge in [0.1, 0.15) is 0 Å². The number of benzene rings is 2. The van der Waals surface area contributed by atoms with E-state index >= 15 is 0 Å². The van der Waals surface area contributed by atoms with E-state index in [1.54, 1.807) is 16.4 Å². The predicted molar refractivity (Wildman–Crippen MR) is 103 cm³/mol. The van der Waals surface area contributed by atoms with Gasteiger partial charge in [-0.25, -0.2) is 8.42 Å². The van der Waals surface area contributed by atoms with Crippen LogP contribution in [0.2, 0.25) is 0 Å². The van der Waals surface area contributed by atoms with Crippen LogP contribution in [-0.2, 0) is 10.0 Å². The third-order valence-electron chi connectivity index (χ3n) is 5.11. The van der Waals surface area contributed by atoms with Gasteiger partial charge in [-0.1, -0.05) is 44.2 Å². The topological polar surface area (TPSA) is 76.3 Å². The lowest BCUT2D eigenvalue weighted by Gasteiger charge is -2.29. The SMILES string of the molecule is CC(C)c1nnc(C2CCN(S(=O)(=O)c3ccc4ccccc4c3)CC2)o1. The molecule has 1 aromatic heterocycles. The quantitative estimate of drug-likeness (QED) is 0.680. The van der Waals surface area contributed by atoms with Gasteiger partial charge >= 0.3 is 0 Å². The Morgan fingerprint density at radius 3 is 2.41 bits per heavy atom. The lowest BCUT2D eigenvalue weighted by Crippen LogP contribution is -2.37. The molecule has 1 aliphatic rings. The molecule has 7 heteroatoms. The second-order valence-electron chi connectivity index (χ2n) is 7.32. The Balaban J connectivity index is 1.50. The predicted octanol–water partition coefficient (Wildman–Crippen LogP) is 3.91. The maximum Gasteiger partial charge on any atom is 0.243 e. The minimum absolute atomic E-state index is 0.119. The highest BCUT2D eigenvalue weighted by molar-refractivity contribution is 7.89. The summed E-state index contributed by atoms with van der Waals surface area (Å²) in [6.45, 7) is 4.94. The first-order chi connectivity index (χ1) is 12.9. The third-order valence-corrected chi connectivity index (χ3v) is 7.01. The highest BCUT2D eigenvalue weighted by Gasteiger charge is 2.32. The van der Waals surface area contributed by atoms with Gasteiger partial charge in [0.25, 0.3) is 0 Å². The number of hydrogen-bond acceptors (Lipinski definition) is 5. The van der Waals surface area contributed by atoms with Crippen molar-refractivity contribution in [2.24, 2.45) is 0 Å². The molecule has 0 unspecified atom stereocenters. The van der Waals surface area contributed by atoms with Crippen LogP contribution in [0.15, 0.2) is 51.8 Å². The van der Waals surface area contributed by atoms with Crippen LogP contribution in [0.1, 0.15) is 50.3 Å². The fraction of sp³-hybridized carbons (Fsp3) is 0.400.